The molecule has 3 rings (SSSR count). The van der Waals surface area contributed by atoms with Gasteiger partial charge in [0.1, 0.15) is 5.01 Å². The maximum atomic E-state index is 12.4. The van der Waals surface area contributed by atoms with Crippen LogP contribution in [0, 0.1) is 17.8 Å². The van der Waals surface area contributed by atoms with Gasteiger partial charge >= 0.3 is 0 Å². The highest BCUT2D eigenvalue weighted by Crippen LogP contribution is 2.37. The molecule has 1 amide bonds. The van der Waals surface area contributed by atoms with Crippen molar-refractivity contribution in [2.45, 2.75) is 90.1 Å². The summed E-state index contributed by atoms with van der Waals surface area (Å²) in [6, 6.07) is 0.860. The zero-order chi connectivity index (χ0) is 19.1. The van der Waals surface area contributed by atoms with E-state index in [2.05, 4.69) is 29.5 Å². The average Bonchev–Trinajstić information content (AvgIpc) is 3.20. The van der Waals surface area contributed by atoms with Crippen LogP contribution in [0.2, 0.25) is 0 Å². The molecule has 5 heteroatoms. The molecule has 2 saturated carbocycles. The number of nitrogens with one attached hydrogen (secondary N) is 2. The van der Waals surface area contributed by atoms with Crippen LogP contribution in [0.25, 0.3) is 0 Å². The van der Waals surface area contributed by atoms with Crippen LogP contribution in [0.5, 0.6) is 0 Å². The minimum atomic E-state index is 0.100. The standard InChI is InChI=1S/C22H37N3OS/c1-16(2)14-20(26)25-21(22-23-12-13-27-22)18-10-8-17(9-11-18)15-24-19-6-4-3-5-7-19/h12-13,16-19,21,24H,3-11,14-15H2,1-2H3,(H,25,26)/t17?,18?,21-/m0/s1. The average molecular weight is 392 g/mol. The highest BCUT2D eigenvalue weighted by Gasteiger charge is 2.31. The minimum absolute atomic E-state index is 0.100. The second-order valence-electron chi connectivity index (χ2n) is 9.04. The van der Waals surface area contributed by atoms with E-state index in [0.29, 0.717) is 18.3 Å². The summed E-state index contributed by atoms with van der Waals surface area (Å²) in [5.74, 6) is 1.89. The van der Waals surface area contributed by atoms with E-state index in [-0.39, 0.29) is 11.9 Å². The summed E-state index contributed by atoms with van der Waals surface area (Å²) in [6.45, 7) is 5.38. The molecule has 0 spiro atoms. The second kappa shape index (κ2) is 10.6. The molecule has 152 valence electrons. The molecule has 2 aliphatic carbocycles. The first-order valence-corrected chi connectivity index (χ1v) is 11.9. The fourth-order valence-corrected chi connectivity index (χ4v) is 5.52. The van der Waals surface area contributed by atoms with Crippen molar-refractivity contribution in [3.8, 4) is 0 Å². The Morgan fingerprint density at radius 1 is 1.15 bits per heavy atom. The van der Waals surface area contributed by atoms with Crippen LogP contribution in [-0.2, 0) is 4.79 Å². The quantitative estimate of drug-likeness (QED) is 0.650. The zero-order valence-corrected chi connectivity index (χ0v) is 17.9. The largest absolute Gasteiger partial charge is 0.347 e. The van der Waals surface area contributed by atoms with Crippen LogP contribution < -0.4 is 10.6 Å². The molecule has 1 aromatic heterocycles. The number of hydrogen-bond acceptors (Lipinski definition) is 4. The molecule has 27 heavy (non-hydrogen) atoms. The highest BCUT2D eigenvalue weighted by atomic mass is 32.1. The van der Waals surface area contributed by atoms with Crippen LogP contribution >= 0.6 is 11.3 Å². The smallest absolute Gasteiger partial charge is 0.220 e. The van der Waals surface area contributed by atoms with Gasteiger partial charge in [-0.1, -0.05) is 33.1 Å². The van der Waals surface area contributed by atoms with Crippen molar-refractivity contribution >= 4 is 17.2 Å². The van der Waals surface area contributed by atoms with E-state index >= 15 is 0 Å². The molecule has 1 atom stereocenters. The van der Waals surface area contributed by atoms with Crippen molar-refractivity contribution in [1.82, 2.24) is 15.6 Å². The lowest BCUT2D eigenvalue weighted by molar-refractivity contribution is -0.123. The first-order chi connectivity index (χ1) is 13.1. The molecule has 0 saturated heterocycles. The van der Waals surface area contributed by atoms with Gasteiger partial charge in [0.25, 0.3) is 0 Å². The van der Waals surface area contributed by atoms with Gasteiger partial charge in [0, 0.05) is 24.0 Å². The Balaban J connectivity index is 1.49. The molecule has 0 radical (unpaired) electrons. The van der Waals surface area contributed by atoms with Crippen molar-refractivity contribution in [3.63, 3.8) is 0 Å². The molecule has 0 unspecified atom stereocenters. The molecule has 4 nitrogen and oxygen atoms in total. The predicted molar refractivity (Wildman–Crippen MR) is 113 cm³/mol. The third-order valence-corrected chi connectivity index (χ3v) is 7.15. The van der Waals surface area contributed by atoms with Gasteiger partial charge in [-0.05, 0) is 62.8 Å². The number of nitrogens with zero attached hydrogens (tertiary/aromatic N) is 1. The summed E-state index contributed by atoms with van der Waals surface area (Å²) in [5, 5.41) is 10.3. The van der Waals surface area contributed by atoms with Crippen LogP contribution in [0.3, 0.4) is 0 Å². The Morgan fingerprint density at radius 3 is 2.52 bits per heavy atom. The van der Waals surface area contributed by atoms with E-state index < -0.39 is 0 Å². The van der Waals surface area contributed by atoms with E-state index in [1.54, 1.807) is 11.3 Å². The van der Waals surface area contributed by atoms with Crippen molar-refractivity contribution in [2.75, 3.05) is 6.54 Å². The highest BCUT2D eigenvalue weighted by molar-refractivity contribution is 7.09. The summed E-state index contributed by atoms with van der Waals surface area (Å²) in [6.07, 6.45) is 14.3. The zero-order valence-electron chi connectivity index (χ0n) is 17.1. The van der Waals surface area contributed by atoms with Crippen LogP contribution in [0.15, 0.2) is 11.6 Å². The Bertz CT molecular complexity index is 546. The molecular formula is C22H37N3OS. The van der Waals surface area contributed by atoms with Gasteiger partial charge < -0.3 is 10.6 Å². The van der Waals surface area contributed by atoms with E-state index in [1.165, 1.54) is 64.3 Å². The Morgan fingerprint density at radius 2 is 1.89 bits per heavy atom. The first-order valence-electron chi connectivity index (χ1n) is 11.0. The Kier molecular flexibility index (Phi) is 8.13. The summed E-state index contributed by atoms with van der Waals surface area (Å²) in [4.78, 5) is 16.9. The lowest BCUT2D eigenvalue weighted by atomic mass is 9.78. The molecule has 1 heterocycles. The number of rotatable bonds is 8. The number of aromatic nitrogens is 1. The lowest BCUT2D eigenvalue weighted by Crippen LogP contribution is -2.38. The minimum Gasteiger partial charge on any atom is -0.347 e. The van der Waals surface area contributed by atoms with E-state index in [1.807, 2.05) is 11.6 Å². The molecule has 0 bridgehead atoms. The summed E-state index contributed by atoms with van der Waals surface area (Å²) in [5.41, 5.74) is 0. The van der Waals surface area contributed by atoms with Gasteiger partial charge in [-0.2, -0.15) is 0 Å². The van der Waals surface area contributed by atoms with Gasteiger partial charge in [-0.25, -0.2) is 4.98 Å². The van der Waals surface area contributed by atoms with E-state index in [4.69, 9.17) is 0 Å². The van der Waals surface area contributed by atoms with Crippen LogP contribution in [0.1, 0.15) is 89.1 Å². The summed E-state index contributed by atoms with van der Waals surface area (Å²) in [7, 11) is 0. The third-order valence-electron chi connectivity index (χ3n) is 6.29. The molecule has 2 N–H and O–H groups in total. The van der Waals surface area contributed by atoms with Gasteiger partial charge in [0.05, 0.1) is 6.04 Å². The van der Waals surface area contributed by atoms with Crippen molar-refractivity contribution < 1.29 is 4.79 Å². The number of carbonyl (C=O) groups is 1. The van der Waals surface area contributed by atoms with Gasteiger partial charge in [-0.3, -0.25) is 4.79 Å². The second-order valence-corrected chi connectivity index (χ2v) is 9.96. The first kappa shape index (κ1) is 20.8. The van der Waals surface area contributed by atoms with Crippen molar-refractivity contribution in [1.29, 1.82) is 0 Å². The summed E-state index contributed by atoms with van der Waals surface area (Å²) < 4.78 is 0. The van der Waals surface area contributed by atoms with Crippen molar-refractivity contribution in [3.05, 3.63) is 16.6 Å². The third kappa shape index (κ3) is 6.56. The van der Waals surface area contributed by atoms with Crippen LogP contribution in [0.4, 0.5) is 0 Å². The van der Waals surface area contributed by atoms with E-state index in [0.717, 1.165) is 17.0 Å². The Labute approximate surface area is 168 Å². The maximum Gasteiger partial charge on any atom is 0.220 e. The molecule has 0 aliphatic heterocycles. The maximum absolute atomic E-state index is 12.4. The summed E-state index contributed by atoms with van der Waals surface area (Å²) >= 11 is 1.68. The Hall–Kier alpha value is -0.940. The predicted octanol–water partition coefficient (Wildman–Crippen LogP) is 5.08. The normalized spacial score (nSPS) is 25.4. The number of thiazole rings is 1. The monoisotopic (exact) mass is 391 g/mol. The molecular weight excluding hydrogens is 354 g/mol. The number of hydrogen-bond donors (Lipinski definition) is 2. The van der Waals surface area contributed by atoms with Gasteiger partial charge in [0.15, 0.2) is 0 Å². The van der Waals surface area contributed by atoms with Gasteiger partial charge in [0.2, 0.25) is 5.91 Å². The fraction of sp³-hybridized carbons (Fsp3) is 0.818. The number of carbonyl (C=O) groups excluding carboxylic acids is 1. The topological polar surface area (TPSA) is 54.0 Å². The number of amides is 1. The lowest BCUT2D eigenvalue weighted by Gasteiger charge is -2.34. The SMILES string of the molecule is CC(C)CC(=O)N[C@H](c1nccs1)C1CCC(CNC2CCCCC2)CC1. The van der Waals surface area contributed by atoms with Crippen LogP contribution in [-0.4, -0.2) is 23.5 Å². The molecule has 0 aromatic carbocycles. The van der Waals surface area contributed by atoms with Gasteiger partial charge in [-0.15, -0.1) is 11.3 Å². The molecule has 2 fully saturated rings. The van der Waals surface area contributed by atoms with E-state index in [9.17, 15) is 4.79 Å². The molecule has 2 aliphatic rings. The van der Waals surface area contributed by atoms with Crippen molar-refractivity contribution in [2.24, 2.45) is 17.8 Å². The molecule has 1 aromatic rings. The fourth-order valence-electron chi connectivity index (χ4n) is 4.74.